The molecule has 3 rings (SSSR count). The average Bonchev–Trinajstić information content (AvgIpc) is 2.85. The van der Waals surface area contributed by atoms with Gasteiger partial charge in [0.05, 0.1) is 15.9 Å². The van der Waals surface area contributed by atoms with Crippen LogP contribution >= 0.6 is 11.3 Å². The van der Waals surface area contributed by atoms with Gasteiger partial charge in [-0.05, 0) is 32.0 Å². The van der Waals surface area contributed by atoms with Crippen molar-refractivity contribution in [1.82, 2.24) is 14.8 Å². The van der Waals surface area contributed by atoms with Gasteiger partial charge in [-0.25, -0.2) is 4.98 Å². The van der Waals surface area contributed by atoms with Gasteiger partial charge < -0.3 is 10.5 Å². The molecule has 0 bridgehead atoms. The zero-order valence-electron chi connectivity index (χ0n) is 11.0. The van der Waals surface area contributed by atoms with Crippen LogP contribution in [0.4, 0.5) is 5.69 Å². The first-order valence-electron chi connectivity index (χ1n) is 5.88. The molecule has 0 aliphatic heterocycles. The van der Waals surface area contributed by atoms with E-state index in [1.807, 2.05) is 39.1 Å². The predicted molar refractivity (Wildman–Crippen MR) is 76.8 cm³/mol. The molecule has 0 amide bonds. The van der Waals surface area contributed by atoms with E-state index < -0.39 is 0 Å². The Kier molecular flexibility index (Phi) is 2.67. The number of ether oxygens (including phenoxy) is 1. The Labute approximate surface area is 114 Å². The van der Waals surface area contributed by atoms with Crippen molar-refractivity contribution < 1.29 is 4.74 Å². The highest BCUT2D eigenvalue weighted by atomic mass is 32.1. The van der Waals surface area contributed by atoms with Crippen LogP contribution in [-0.2, 0) is 7.05 Å². The van der Waals surface area contributed by atoms with Gasteiger partial charge >= 0.3 is 0 Å². The molecule has 0 saturated heterocycles. The molecule has 0 aliphatic rings. The lowest BCUT2D eigenvalue weighted by Gasteiger charge is -2.00. The Morgan fingerprint density at radius 2 is 2.11 bits per heavy atom. The summed E-state index contributed by atoms with van der Waals surface area (Å²) in [5.74, 6) is 0.773. The van der Waals surface area contributed by atoms with Crippen molar-refractivity contribution in [3.8, 4) is 10.9 Å². The summed E-state index contributed by atoms with van der Waals surface area (Å²) in [6.45, 7) is 3.90. The number of hydrogen-bond acceptors (Lipinski definition) is 5. The first-order chi connectivity index (χ1) is 9.04. The van der Waals surface area contributed by atoms with Crippen LogP contribution in [-0.4, -0.2) is 14.8 Å². The minimum absolute atomic E-state index is 0.611. The maximum absolute atomic E-state index is 5.87. The van der Waals surface area contributed by atoms with Gasteiger partial charge in [0.1, 0.15) is 5.69 Å². The van der Waals surface area contributed by atoms with Gasteiger partial charge in [-0.3, -0.25) is 4.68 Å². The average molecular weight is 274 g/mol. The van der Waals surface area contributed by atoms with Crippen molar-refractivity contribution in [2.24, 2.45) is 7.05 Å². The SMILES string of the molecule is Cc1nn(C)c(C)c1Oc1nc2ccc(N)cc2s1. The second kappa shape index (κ2) is 4.24. The molecule has 2 heterocycles. The van der Waals surface area contributed by atoms with E-state index in [1.54, 1.807) is 4.68 Å². The number of nitrogen functional groups attached to an aromatic ring is 1. The quantitative estimate of drug-likeness (QED) is 0.729. The number of benzene rings is 1. The van der Waals surface area contributed by atoms with Crippen molar-refractivity contribution >= 4 is 27.2 Å². The number of thiazole rings is 1. The van der Waals surface area contributed by atoms with Gasteiger partial charge in [0.25, 0.3) is 5.19 Å². The van der Waals surface area contributed by atoms with Crippen molar-refractivity contribution in [2.75, 3.05) is 5.73 Å². The van der Waals surface area contributed by atoms with E-state index in [4.69, 9.17) is 10.5 Å². The lowest BCUT2D eigenvalue weighted by molar-refractivity contribution is 0.472. The highest BCUT2D eigenvalue weighted by molar-refractivity contribution is 7.20. The fraction of sp³-hybridized carbons (Fsp3) is 0.231. The molecule has 0 saturated carbocycles. The van der Waals surface area contributed by atoms with Crippen LogP contribution in [0, 0.1) is 13.8 Å². The molecule has 2 N–H and O–H groups in total. The largest absolute Gasteiger partial charge is 0.427 e. The highest BCUT2D eigenvalue weighted by Gasteiger charge is 2.14. The summed E-state index contributed by atoms with van der Waals surface area (Å²) in [6, 6.07) is 5.65. The van der Waals surface area contributed by atoms with Crippen molar-refractivity contribution in [1.29, 1.82) is 0 Å². The molecule has 0 fully saturated rings. The van der Waals surface area contributed by atoms with Gasteiger partial charge in [0, 0.05) is 12.7 Å². The Balaban J connectivity index is 2.01. The van der Waals surface area contributed by atoms with Gasteiger partial charge in [0.15, 0.2) is 5.75 Å². The van der Waals surface area contributed by atoms with Crippen LogP contribution in [0.1, 0.15) is 11.4 Å². The van der Waals surface area contributed by atoms with E-state index in [-0.39, 0.29) is 0 Å². The van der Waals surface area contributed by atoms with Gasteiger partial charge in [-0.2, -0.15) is 5.10 Å². The van der Waals surface area contributed by atoms with E-state index in [0.717, 1.165) is 33.0 Å². The van der Waals surface area contributed by atoms with Crippen LogP contribution in [0.3, 0.4) is 0 Å². The Hall–Kier alpha value is -2.08. The molecule has 1 aromatic carbocycles. The Morgan fingerprint density at radius 3 is 2.79 bits per heavy atom. The molecule has 98 valence electrons. The van der Waals surface area contributed by atoms with Crippen molar-refractivity contribution in [3.63, 3.8) is 0 Å². The molecule has 6 heteroatoms. The topological polar surface area (TPSA) is 66.0 Å². The summed E-state index contributed by atoms with van der Waals surface area (Å²) in [5, 5.41) is 4.93. The number of nitrogens with two attached hydrogens (primary N) is 1. The summed E-state index contributed by atoms with van der Waals surface area (Å²) < 4.78 is 8.69. The number of rotatable bonds is 2. The van der Waals surface area contributed by atoms with Crippen LogP contribution in [0.25, 0.3) is 10.2 Å². The summed E-state index contributed by atoms with van der Waals surface area (Å²) in [5.41, 5.74) is 9.23. The minimum Gasteiger partial charge on any atom is -0.427 e. The van der Waals surface area contributed by atoms with Crippen molar-refractivity contribution in [2.45, 2.75) is 13.8 Å². The fourth-order valence-electron chi connectivity index (χ4n) is 1.95. The zero-order valence-corrected chi connectivity index (χ0v) is 11.8. The van der Waals surface area contributed by atoms with E-state index in [1.165, 1.54) is 11.3 Å². The normalized spacial score (nSPS) is 11.1. The molecule has 0 spiro atoms. The summed E-state index contributed by atoms with van der Waals surface area (Å²) in [4.78, 5) is 4.44. The Bertz CT molecular complexity index is 759. The third-order valence-electron chi connectivity index (χ3n) is 3.02. The van der Waals surface area contributed by atoms with Gasteiger partial charge in [0.2, 0.25) is 0 Å². The van der Waals surface area contributed by atoms with Crippen LogP contribution in [0.2, 0.25) is 0 Å². The number of aromatic nitrogens is 3. The Morgan fingerprint density at radius 1 is 1.32 bits per heavy atom. The monoisotopic (exact) mass is 274 g/mol. The first-order valence-corrected chi connectivity index (χ1v) is 6.70. The first kappa shape index (κ1) is 12.0. The third-order valence-corrected chi connectivity index (χ3v) is 3.92. The van der Waals surface area contributed by atoms with Crippen LogP contribution in [0.15, 0.2) is 18.2 Å². The molecule has 5 nitrogen and oxygen atoms in total. The second-order valence-electron chi connectivity index (χ2n) is 4.43. The molecule has 0 unspecified atom stereocenters. The van der Waals surface area contributed by atoms with Gasteiger partial charge in [-0.1, -0.05) is 11.3 Å². The molecule has 0 atom stereocenters. The number of nitrogens with zero attached hydrogens (tertiary/aromatic N) is 3. The summed E-state index contributed by atoms with van der Waals surface area (Å²) >= 11 is 1.48. The van der Waals surface area contributed by atoms with E-state index in [2.05, 4.69) is 10.1 Å². The second-order valence-corrected chi connectivity index (χ2v) is 5.43. The smallest absolute Gasteiger partial charge is 0.279 e. The number of fused-ring (bicyclic) bond motifs is 1. The summed E-state index contributed by atoms with van der Waals surface area (Å²) in [6.07, 6.45) is 0. The molecular formula is C13H14N4OS. The van der Waals surface area contributed by atoms with E-state index in [0.29, 0.717) is 5.19 Å². The van der Waals surface area contributed by atoms with E-state index >= 15 is 0 Å². The number of anilines is 1. The van der Waals surface area contributed by atoms with Crippen LogP contribution < -0.4 is 10.5 Å². The maximum atomic E-state index is 5.87. The highest BCUT2D eigenvalue weighted by Crippen LogP contribution is 2.34. The maximum Gasteiger partial charge on any atom is 0.279 e. The van der Waals surface area contributed by atoms with Crippen molar-refractivity contribution in [3.05, 3.63) is 29.6 Å². The lowest BCUT2D eigenvalue weighted by Crippen LogP contribution is -1.92. The molecular weight excluding hydrogens is 260 g/mol. The number of hydrogen-bond donors (Lipinski definition) is 1. The third kappa shape index (κ3) is 2.04. The molecule has 19 heavy (non-hydrogen) atoms. The summed E-state index contributed by atoms with van der Waals surface area (Å²) in [7, 11) is 1.90. The van der Waals surface area contributed by atoms with Gasteiger partial charge in [-0.15, -0.1) is 0 Å². The number of aryl methyl sites for hydroxylation is 2. The molecule has 2 aromatic heterocycles. The standard InChI is InChI=1S/C13H14N4OS/c1-7-12(8(2)17(3)16-7)18-13-15-10-5-4-9(14)6-11(10)19-13/h4-6H,14H2,1-3H3. The molecule has 3 aromatic rings. The molecule has 0 radical (unpaired) electrons. The van der Waals surface area contributed by atoms with E-state index in [9.17, 15) is 0 Å². The zero-order chi connectivity index (χ0) is 13.6. The minimum atomic E-state index is 0.611. The lowest BCUT2D eigenvalue weighted by atomic mass is 10.3. The predicted octanol–water partition coefficient (Wildman–Crippen LogP) is 3.02. The van der Waals surface area contributed by atoms with Crippen LogP contribution in [0.5, 0.6) is 10.9 Å². The molecule has 0 aliphatic carbocycles. The fourth-order valence-corrected chi connectivity index (χ4v) is 2.82.